The highest BCUT2D eigenvalue weighted by atomic mass is 16.5. The van der Waals surface area contributed by atoms with Crippen LogP contribution in [0.4, 0.5) is 0 Å². The number of aromatic nitrogens is 1. The van der Waals surface area contributed by atoms with Crippen molar-refractivity contribution in [3.8, 4) is 5.75 Å². The zero-order valence-electron chi connectivity index (χ0n) is 16.7. The molecule has 0 N–H and O–H groups in total. The number of carbonyl (C=O) groups is 1. The van der Waals surface area contributed by atoms with Crippen molar-refractivity contribution in [2.75, 3.05) is 40.3 Å². The average Bonchev–Trinajstić information content (AvgIpc) is 2.73. The molecule has 1 amide bonds. The molecule has 1 atom stereocenters. The normalized spacial score (nSPS) is 17.3. The van der Waals surface area contributed by atoms with E-state index in [0.29, 0.717) is 16.2 Å². The molecule has 0 spiro atoms. The van der Waals surface area contributed by atoms with E-state index >= 15 is 0 Å². The van der Waals surface area contributed by atoms with E-state index in [2.05, 4.69) is 17.0 Å². The standard InChI is InChI=1S/C22H29N3O3/c1-23(22(26)20-10-14-25(27)15-11-20)16-19-4-3-12-24(17-19)13-9-18-5-7-21(28-2)8-6-18/h5-8,10-11,14-15,19H,3-4,9,12-13,16-17H2,1-2H3/t19-/m1/s1. The third-order valence-corrected chi connectivity index (χ3v) is 5.41. The molecule has 3 rings (SSSR count). The van der Waals surface area contributed by atoms with Crippen molar-refractivity contribution in [3.63, 3.8) is 0 Å². The summed E-state index contributed by atoms with van der Waals surface area (Å²) in [5.74, 6) is 1.33. The molecule has 150 valence electrons. The number of pyridine rings is 1. The minimum atomic E-state index is -0.0315. The first-order valence-electron chi connectivity index (χ1n) is 9.84. The third-order valence-electron chi connectivity index (χ3n) is 5.41. The molecular formula is C22H29N3O3. The first-order chi connectivity index (χ1) is 13.5. The Morgan fingerprint density at radius 2 is 1.96 bits per heavy atom. The number of benzene rings is 1. The zero-order valence-corrected chi connectivity index (χ0v) is 16.7. The van der Waals surface area contributed by atoms with Crippen molar-refractivity contribution in [1.29, 1.82) is 0 Å². The predicted molar refractivity (Wildman–Crippen MR) is 108 cm³/mol. The Labute approximate surface area is 166 Å². The lowest BCUT2D eigenvalue weighted by Gasteiger charge is -2.34. The number of methoxy groups -OCH3 is 1. The number of hydrogen-bond donors (Lipinski definition) is 0. The number of amides is 1. The molecule has 6 heteroatoms. The minimum Gasteiger partial charge on any atom is -0.619 e. The minimum absolute atomic E-state index is 0.0315. The maximum atomic E-state index is 12.6. The molecule has 1 aromatic heterocycles. The molecular weight excluding hydrogens is 354 g/mol. The number of nitrogens with zero attached hydrogens (tertiary/aromatic N) is 3. The first kappa shape index (κ1) is 20.1. The summed E-state index contributed by atoms with van der Waals surface area (Å²) < 4.78 is 5.91. The Hall–Kier alpha value is -2.60. The Morgan fingerprint density at radius 1 is 1.25 bits per heavy atom. The van der Waals surface area contributed by atoms with Crippen LogP contribution in [0.25, 0.3) is 0 Å². The molecule has 0 saturated carbocycles. The van der Waals surface area contributed by atoms with Crippen LogP contribution in [-0.2, 0) is 6.42 Å². The number of carbonyl (C=O) groups excluding carboxylic acids is 1. The molecule has 0 unspecified atom stereocenters. The van der Waals surface area contributed by atoms with Crippen molar-refractivity contribution in [2.24, 2.45) is 5.92 Å². The molecule has 0 aliphatic carbocycles. The van der Waals surface area contributed by atoms with Gasteiger partial charge in [-0.3, -0.25) is 4.79 Å². The molecule has 2 aromatic rings. The number of hydrogen-bond acceptors (Lipinski definition) is 4. The molecule has 28 heavy (non-hydrogen) atoms. The van der Waals surface area contributed by atoms with Crippen LogP contribution in [0.15, 0.2) is 48.8 Å². The molecule has 6 nitrogen and oxygen atoms in total. The van der Waals surface area contributed by atoms with E-state index in [1.165, 1.54) is 18.0 Å². The molecule has 1 fully saturated rings. The molecule has 1 saturated heterocycles. The van der Waals surface area contributed by atoms with Crippen LogP contribution in [0.2, 0.25) is 0 Å². The van der Waals surface area contributed by atoms with Gasteiger partial charge in [-0.15, -0.1) is 0 Å². The van der Waals surface area contributed by atoms with Crippen LogP contribution in [0.5, 0.6) is 5.75 Å². The third kappa shape index (κ3) is 5.45. The Balaban J connectivity index is 1.48. The quantitative estimate of drug-likeness (QED) is 0.544. The van der Waals surface area contributed by atoms with E-state index in [1.807, 2.05) is 19.2 Å². The van der Waals surface area contributed by atoms with Gasteiger partial charge in [-0.05, 0) is 49.4 Å². The zero-order chi connectivity index (χ0) is 19.9. The van der Waals surface area contributed by atoms with Gasteiger partial charge < -0.3 is 19.7 Å². The van der Waals surface area contributed by atoms with Gasteiger partial charge >= 0.3 is 0 Å². The van der Waals surface area contributed by atoms with Crippen molar-refractivity contribution >= 4 is 5.91 Å². The van der Waals surface area contributed by atoms with Crippen molar-refractivity contribution < 1.29 is 14.3 Å². The second-order valence-electron chi connectivity index (χ2n) is 7.54. The van der Waals surface area contributed by atoms with Crippen molar-refractivity contribution in [1.82, 2.24) is 9.80 Å². The summed E-state index contributed by atoms with van der Waals surface area (Å²) >= 11 is 0. The van der Waals surface area contributed by atoms with Gasteiger partial charge in [0.15, 0.2) is 12.4 Å². The van der Waals surface area contributed by atoms with E-state index in [9.17, 15) is 10.0 Å². The first-order valence-corrected chi connectivity index (χ1v) is 9.84. The smallest absolute Gasteiger partial charge is 0.254 e. The fourth-order valence-corrected chi connectivity index (χ4v) is 3.83. The second-order valence-corrected chi connectivity index (χ2v) is 7.54. The highest BCUT2D eigenvalue weighted by Crippen LogP contribution is 2.19. The highest BCUT2D eigenvalue weighted by Gasteiger charge is 2.23. The van der Waals surface area contributed by atoms with E-state index < -0.39 is 0 Å². The van der Waals surface area contributed by atoms with Gasteiger partial charge in [0.1, 0.15) is 5.75 Å². The average molecular weight is 383 g/mol. The van der Waals surface area contributed by atoms with Crippen molar-refractivity contribution in [2.45, 2.75) is 19.3 Å². The SMILES string of the molecule is COc1ccc(CCN2CCC[C@H](CN(C)C(=O)c3cc[n+]([O-])cc3)C2)cc1. The van der Waals surface area contributed by atoms with Gasteiger partial charge in [-0.25, -0.2) is 0 Å². The Kier molecular flexibility index (Phi) is 6.87. The number of piperidine rings is 1. The lowest BCUT2D eigenvalue weighted by molar-refractivity contribution is -0.605. The van der Waals surface area contributed by atoms with Crippen LogP contribution >= 0.6 is 0 Å². The Bertz CT molecular complexity index is 762. The summed E-state index contributed by atoms with van der Waals surface area (Å²) in [6, 6.07) is 11.4. The summed E-state index contributed by atoms with van der Waals surface area (Å²) in [5.41, 5.74) is 1.87. The van der Waals surface area contributed by atoms with Crippen LogP contribution in [-0.4, -0.2) is 56.0 Å². The summed E-state index contributed by atoms with van der Waals surface area (Å²) in [4.78, 5) is 16.8. The van der Waals surface area contributed by atoms with Crippen LogP contribution in [0.3, 0.4) is 0 Å². The van der Waals surface area contributed by atoms with Gasteiger partial charge in [-0.2, -0.15) is 4.73 Å². The maximum Gasteiger partial charge on any atom is 0.254 e. The Morgan fingerprint density at radius 3 is 2.64 bits per heavy atom. The number of ether oxygens (including phenoxy) is 1. The largest absolute Gasteiger partial charge is 0.619 e. The number of likely N-dealkylation sites (tertiary alicyclic amines) is 1. The predicted octanol–water partition coefficient (Wildman–Crippen LogP) is 2.36. The molecule has 0 radical (unpaired) electrons. The van der Waals surface area contributed by atoms with E-state index in [0.717, 1.165) is 51.2 Å². The number of rotatable bonds is 7. The van der Waals surface area contributed by atoms with E-state index in [1.54, 1.807) is 24.1 Å². The van der Waals surface area contributed by atoms with Crippen LogP contribution < -0.4 is 9.47 Å². The summed E-state index contributed by atoms with van der Waals surface area (Å²) in [6.45, 7) is 3.91. The van der Waals surface area contributed by atoms with Crippen LogP contribution in [0, 0.1) is 11.1 Å². The summed E-state index contributed by atoms with van der Waals surface area (Å²) in [7, 11) is 3.53. The van der Waals surface area contributed by atoms with Gasteiger partial charge in [0.2, 0.25) is 0 Å². The lowest BCUT2D eigenvalue weighted by atomic mass is 9.97. The molecule has 0 bridgehead atoms. The topological polar surface area (TPSA) is 59.7 Å². The lowest BCUT2D eigenvalue weighted by Crippen LogP contribution is -2.42. The van der Waals surface area contributed by atoms with Gasteiger partial charge in [0, 0.05) is 38.8 Å². The van der Waals surface area contributed by atoms with Crippen LogP contribution in [0.1, 0.15) is 28.8 Å². The fourth-order valence-electron chi connectivity index (χ4n) is 3.83. The maximum absolute atomic E-state index is 12.6. The molecule has 1 aliphatic rings. The summed E-state index contributed by atoms with van der Waals surface area (Å²) in [5, 5.41) is 11.1. The molecule has 1 aromatic carbocycles. The van der Waals surface area contributed by atoms with Gasteiger partial charge in [-0.1, -0.05) is 12.1 Å². The van der Waals surface area contributed by atoms with Gasteiger partial charge in [0.05, 0.1) is 12.7 Å². The van der Waals surface area contributed by atoms with E-state index in [-0.39, 0.29) is 5.91 Å². The fraction of sp³-hybridized carbons (Fsp3) is 0.455. The molecule has 1 aliphatic heterocycles. The monoisotopic (exact) mass is 383 g/mol. The summed E-state index contributed by atoms with van der Waals surface area (Å²) in [6.07, 6.45) is 6.05. The van der Waals surface area contributed by atoms with Gasteiger partial charge in [0.25, 0.3) is 5.91 Å². The van der Waals surface area contributed by atoms with E-state index in [4.69, 9.17) is 4.74 Å². The second kappa shape index (κ2) is 9.55. The molecule has 2 heterocycles. The van der Waals surface area contributed by atoms with Crippen molar-refractivity contribution in [3.05, 3.63) is 65.1 Å². The highest BCUT2D eigenvalue weighted by molar-refractivity contribution is 5.93.